The van der Waals surface area contributed by atoms with Crippen LogP contribution in [0.25, 0.3) is 0 Å². The van der Waals surface area contributed by atoms with E-state index >= 15 is 0 Å². The van der Waals surface area contributed by atoms with Crippen molar-refractivity contribution in [3.05, 3.63) is 53.5 Å². The lowest BCUT2D eigenvalue weighted by Gasteiger charge is -2.17. The third-order valence-corrected chi connectivity index (χ3v) is 3.72. The highest BCUT2D eigenvalue weighted by atomic mass is 16.5. The Kier molecular flexibility index (Phi) is 3.56. The molecule has 0 radical (unpaired) electrons. The Morgan fingerprint density at radius 3 is 3.05 bits per heavy atom. The third kappa shape index (κ3) is 2.66. The first-order valence-electron chi connectivity index (χ1n) is 6.82. The van der Waals surface area contributed by atoms with Crippen LogP contribution in [0.2, 0.25) is 0 Å². The molecule has 1 unspecified atom stereocenters. The van der Waals surface area contributed by atoms with E-state index in [0.717, 1.165) is 37.4 Å². The second kappa shape index (κ2) is 5.49. The number of hydrogen-bond donors (Lipinski definition) is 1. The van der Waals surface area contributed by atoms with Crippen LogP contribution in [0, 0.1) is 0 Å². The van der Waals surface area contributed by atoms with E-state index in [9.17, 15) is 0 Å². The fraction of sp³-hybridized carbons (Fsp3) is 0.375. The summed E-state index contributed by atoms with van der Waals surface area (Å²) in [7, 11) is 2.01. The van der Waals surface area contributed by atoms with Crippen LogP contribution in [0.4, 0.5) is 0 Å². The largest absolute Gasteiger partial charge is 0.493 e. The van der Waals surface area contributed by atoms with Crippen molar-refractivity contribution in [1.82, 2.24) is 5.32 Å². The lowest BCUT2D eigenvalue weighted by atomic mass is 9.98. The summed E-state index contributed by atoms with van der Waals surface area (Å²) in [4.78, 5) is 0. The fourth-order valence-electron chi connectivity index (χ4n) is 2.64. The molecule has 3 nitrogen and oxygen atoms in total. The van der Waals surface area contributed by atoms with Crippen molar-refractivity contribution in [2.24, 2.45) is 0 Å². The molecule has 19 heavy (non-hydrogen) atoms. The lowest BCUT2D eigenvalue weighted by Crippen LogP contribution is -2.17. The molecule has 1 aromatic carbocycles. The number of nitrogens with one attached hydrogen (secondary N) is 1. The molecular weight excluding hydrogens is 238 g/mol. The highest BCUT2D eigenvalue weighted by Crippen LogP contribution is 2.29. The number of aryl methyl sites for hydroxylation is 1. The summed E-state index contributed by atoms with van der Waals surface area (Å²) in [6.07, 6.45) is 4.74. The van der Waals surface area contributed by atoms with Gasteiger partial charge < -0.3 is 14.5 Å². The van der Waals surface area contributed by atoms with Gasteiger partial charge in [-0.1, -0.05) is 12.1 Å². The van der Waals surface area contributed by atoms with Crippen molar-refractivity contribution in [2.45, 2.75) is 25.3 Å². The molecule has 1 N–H and O–H groups in total. The minimum Gasteiger partial charge on any atom is -0.493 e. The number of ether oxygens (including phenoxy) is 1. The number of fused-ring (bicyclic) bond motifs is 1. The minimum absolute atomic E-state index is 0.357. The molecule has 0 saturated carbocycles. The van der Waals surface area contributed by atoms with Gasteiger partial charge in [-0.3, -0.25) is 0 Å². The zero-order valence-electron chi connectivity index (χ0n) is 11.2. The Bertz CT molecular complexity index is 534. The molecule has 0 bridgehead atoms. The summed E-state index contributed by atoms with van der Waals surface area (Å²) in [6.45, 7) is 0.815. The SMILES string of the molecule is CNC(CCc1ccco1)c1ccc2c(c1)CCO2. The monoisotopic (exact) mass is 257 g/mol. The van der Waals surface area contributed by atoms with Gasteiger partial charge in [-0.25, -0.2) is 0 Å². The van der Waals surface area contributed by atoms with Gasteiger partial charge in [-0.05, 0) is 42.8 Å². The molecule has 0 fully saturated rings. The van der Waals surface area contributed by atoms with Crippen LogP contribution >= 0.6 is 0 Å². The summed E-state index contributed by atoms with van der Waals surface area (Å²) < 4.78 is 10.9. The number of furan rings is 1. The smallest absolute Gasteiger partial charge is 0.122 e. The second-order valence-electron chi connectivity index (χ2n) is 4.92. The Morgan fingerprint density at radius 2 is 2.26 bits per heavy atom. The predicted octanol–water partition coefficient (Wildman–Crippen LogP) is 3.11. The van der Waals surface area contributed by atoms with Gasteiger partial charge in [0.05, 0.1) is 12.9 Å². The maximum atomic E-state index is 5.55. The van der Waals surface area contributed by atoms with Crippen LogP contribution < -0.4 is 10.1 Å². The average molecular weight is 257 g/mol. The minimum atomic E-state index is 0.357. The zero-order valence-corrected chi connectivity index (χ0v) is 11.2. The number of hydrogen-bond acceptors (Lipinski definition) is 3. The molecule has 2 aromatic rings. The van der Waals surface area contributed by atoms with Crippen molar-refractivity contribution < 1.29 is 9.15 Å². The quantitative estimate of drug-likeness (QED) is 0.893. The van der Waals surface area contributed by atoms with Gasteiger partial charge in [-0.2, -0.15) is 0 Å². The molecule has 0 saturated heterocycles. The van der Waals surface area contributed by atoms with E-state index in [2.05, 4.69) is 23.5 Å². The molecule has 0 amide bonds. The molecular formula is C16H19NO2. The molecule has 1 aliphatic heterocycles. The Labute approximate surface area is 113 Å². The van der Waals surface area contributed by atoms with Gasteiger partial charge in [0.1, 0.15) is 11.5 Å². The summed E-state index contributed by atoms with van der Waals surface area (Å²) in [6, 6.07) is 10.9. The Morgan fingerprint density at radius 1 is 1.32 bits per heavy atom. The van der Waals surface area contributed by atoms with Gasteiger partial charge in [0.2, 0.25) is 0 Å². The van der Waals surface area contributed by atoms with Crippen molar-refractivity contribution in [3.63, 3.8) is 0 Å². The van der Waals surface area contributed by atoms with Gasteiger partial charge in [0.15, 0.2) is 0 Å². The predicted molar refractivity (Wildman–Crippen MR) is 74.5 cm³/mol. The van der Waals surface area contributed by atoms with Crippen molar-refractivity contribution in [3.8, 4) is 5.75 Å². The molecule has 3 heteroatoms. The normalized spacial score (nSPS) is 15.0. The number of rotatable bonds is 5. The summed E-state index contributed by atoms with van der Waals surface area (Å²) in [5.74, 6) is 2.09. The molecule has 1 aliphatic rings. The summed E-state index contributed by atoms with van der Waals surface area (Å²) >= 11 is 0. The van der Waals surface area contributed by atoms with Crippen LogP contribution in [0.5, 0.6) is 5.75 Å². The standard InChI is InChI=1S/C16H19NO2/c1-17-15(6-5-14-3-2-9-18-14)12-4-7-16-13(11-12)8-10-19-16/h2-4,7,9,11,15,17H,5-6,8,10H2,1H3. The van der Waals surface area contributed by atoms with Crippen LogP contribution in [-0.4, -0.2) is 13.7 Å². The lowest BCUT2D eigenvalue weighted by molar-refractivity contribution is 0.356. The zero-order chi connectivity index (χ0) is 13.1. The molecule has 1 aromatic heterocycles. The second-order valence-corrected chi connectivity index (χ2v) is 4.92. The summed E-state index contributed by atoms with van der Waals surface area (Å²) in [5, 5.41) is 3.39. The van der Waals surface area contributed by atoms with Crippen molar-refractivity contribution >= 4 is 0 Å². The Balaban J connectivity index is 1.71. The van der Waals surface area contributed by atoms with E-state index in [-0.39, 0.29) is 0 Å². The molecule has 0 aliphatic carbocycles. The van der Waals surface area contributed by atoms with E-state index in [0.29, 0.717) is 6.04 Å². The highest BCUT2D eigenvalue weighted by Gasteiger charge is 2.16. The van der Waals surface area contributed by atoms with E-state index in [1.807, 2.05) is 19.2 Å². The molecule has 0 spiro atoms. The van der Waals surface area contributed by atoms with Crippen molar-refractivity contribution in [1.29, 1.82) is 0 Å². The van der Waals surface area contributed by atoms with E-state index in [1.54, 1.807) is 6.26 Å². The van der Waals surface area contributed by atoms with E-state index < -0.39 is 0 Å². The van der Waals surface area contributed by atoms with Gasteiger partial charge in [0.25, 0.3) is 0 Å². The summed E-state index contributed by atoms with van der Waals surface area (Å²) in [5.41, 5.74) is 2.66. The first-order chi connectivity index (χ1) is 9.36. The van der Waals surface area contributed by atoms with Gasteiger partial charge in [-0.15, -0.1) is 0 Å². The molecule has 100 valence electrons. The van der Waals surface area contributed by atoms with Crippen molar-refractivity contribution in [2.75, 3.05) is 13.7 Å². The number of benzene rings is 1. The van der Waals surface area contributed by atoms with Gasteiger partial charge in [0, 0.05) is 18.9 Å². The van der Waals surface area contributed by atoms with Crippen LogP contribution in [0.1, 0.15) is 29.3 Å². The topological polar surface area (TPSA) is 34.4 Å². The first-order valence-corrected chi connectivity index (χ1v) is 6.82. The van der Waals surface area contributed by atoms with Crippen LogP contribution in [0.15, 0.2) is 41.0 Å². The van der Waals surface area contributed by atoms with Gasteiger partial charge >= 0.3 is 0 Å². The molecule has 2 heterocycles. The van der Waals surface area contributed by atoms with E-state index in [4.69, 9.17) is 9.15 Å². The van der Waals surface area contributed by atoms with Crippen LogP contribution in [0.3, 0.4) is 0 Å². The maximum Gasteiger partial charge on any atom is 0.122 e. The Hall–Kier alpha value is -1.74. The average Bonchev–Trinajstić information content (AvgIpc) is 3.09. The molecule has 1 atom stereocenters. The third-order valence-electron chi connectivity index (χ3n) is 3.72. The van der Waals surface area contributed by atoms with Crippen LogP contribution in [-0.2, 0) is 12.8 Å². The molecule has 3 rings (SSSR count). The first kappa shape index (κ1) is 12.3. The fourth-order valence-corrected chi connectivity index (χ4v) is 2.64. The maximum absolute atomic E-state index is 5.55. The van der Waals surface area contributed by atoms with E-state index in [1.165, 1.54) is 11.1 Å². The highest BCUT2D eigenvalue weighted by molar-refractivity contribution is 5.40.